The number of hydrogen-bond donors (Lipinski definition) is 0. The lowest BCUT2D eigenvalue weighted by atomic mass is 9.90. The Morgan fingerprint density at radius 1 is 1.05 bits per heavy atom. The summed E-state index contributed by atoms with van der Waals surface area (Å²) in [5.74, 6) is 0.650. The Kier molecular flexibility index (Phi) is 3.34. The second-order valence-electron chi connectivity index (χ2n) is 5.63. The minimum atomic E-state index is 0.445. The topological polar surface area (TPSA) is 16.1 Å². The molecule has 0 amide bonds. The molecule has 0 bridgehead atoms. The highest BCUT2D eigenvalue weighted by atomic mass is 15.1. The van der Waals surface area contributed by atoms with Crippen molar-refractivity contribution in [2.24, 2.45) is 5.92 Å². The zero-order valence-electron chi connectivity index (χ0n) is 11.6. The van der Waals surface area contributed by atoms with E-state index in [9.17, 15) is 0 Å². The molecule has 19 heavy (non-hydrogen) atoms. The fraction of sp³-hybridized carbons (Fsp3) is 0.353. The van der Waals surface area contributed by atoms with Gasteiger partial charge in [-0.2, -0.15) is 0 Å². The third kappa shape index (κ3) is 2.41. The predicted molar refractivity (Wildman–Crippen MR) is 78.0 cm³/mol. The Bertz CT molecular complexity index is 523. The van der Waals surface area contributed by atoms with E-state index in [1.807, 2.05) is 18.5 Å². The molecule has 0 fully saturated rings. The molecule has 0 N–H and O–H groups in total. The van der Waals surface area contributed by atoms with Gasteiger partial charge in [0.1, 0.15) is 0 Å². The zero-order chi connectivity index (χ0) is 13.2. The van der Waals surface area contributed by atoms with E-state index in [0.717, 1.165) is 0 Å². The van der Waals surface area contributed by atoms with Crippen LogP contribution in [0.2, 0.25) is 0 Å². The van der Waals surface area contributed by atoms with Gasteiger partial charge in [-0.3, -0.25) is 4.98 Å². The van der Waals surface area contributed by atoms with Gasteiger partial charge >= 0.3 is 0 Å². The van der Waals surface area contributed by atoms with Crippen LogP contribution in [-0.4, -0.2) is 24.0 Å². The molecule has 1 aliphatic rings. The molecule has 1 aliphatic carbocycles. The van der Waals surface area contributed by atoms with Gasteiger partial charge in [-0.25, -0.2) is 0 Å². The van der Waals surface area contributed by atoms with Crippen LogP contribution in [0.1, 0.15) is 22.7 Å². The number of hydrogen-bond acceptors (Lipinski definition) is 2. The first kappa shape index (κ1) is 12.4. The molecule has 0 aliphatic heterocycles. The Labute approximate surface area is 115 Å². The van der Waals surface area contributed by atoms with Gasteiger partial charge < -0.3 is 4.90 Å². The van der Waals surface area contributed by atoms with Crippen LogP contribution in [-0.2, 0) is 12.8 Å². The quantitative estimate of drug-likeness (QED) is 0.834. The number of aromatic nitrogens is 1. The van der Waals surface area contributed by atoms with Crippen LogP contribution in [0.15, 0.2) is 48.8 Å². The van der Waals surface area contributed by atoms with Crippen molar-refractivity contribution in [1.82, 2.24) is 9.88 Å². The second kappa shape index (κ2) is 5.14. The number of fused-ring (bicyclic) bond motifs is 1. The van der Waals surface area contributed by atoms with Crippen LogP contribution in [0, 0.1) is 5.92 Å². The molecule has 1 unspecified atom stereocenters. The van der Waals surface area contributed by atoms with Crippen molar-refractivity contribution >= 4 is 0 Å². The lowest BCUT2D eigenvalue weighted by molar-refractivity contribution is 0.216. The summed E-state index contributed by atoms with van der Waals surface area (Å²) < 4.78 is 0. The number of rotatable bonds is 3. The molecule has 1 aromatic carbocycles. The third-order valence-electron chi connectivity index (χ3n) is 4.11. The molecule has 2 heteroatoms. The highest BCUT2D eigenvalue weighted by Crippen LogP contribution is 2.37. The molecule has 3 rings (SSSR count). The van der Waals surface area contributed by atoms with Crippen molar-refractivity contribution in [2.75, 3.05) is 14.1 Å². The fourth-order valence-electron chi connectivity index (χ4n) is 3.36. The molecule has 0 saturated carbocycles. The molecule has 1 atom stereocenters. The van der Waals surface area contributed by atoms with Gasteiger partial charge in [-0.1, -0.05) is 30.3 Å². The van der Waals surface area contributed by atoms with E-state index in [1.54, 1.807) is 0 Å². The second-order valence-corrected chi connectivity index (χ2v) is 5.63. The van der Waals surface area contributed by atoms with Crippen molar-refractivity contribution in [3.05, 3.63) is 65.5 Å². The van der Waals surface area contributed by atoms with Crippen LogP contribution >= 0.6 is 0 Å². The Morgan fingerprint density at radius 3 is 2.26 bits per heavy atom. The highest BCUT2D eigenvalue weighted by Gasteiger charge is 2.30. The van der Waals surface area contributed by atoms with Crippen LogP contribution in [0.25, 0.3) is 0 Å². The van der Waals surface area contributed by atoms with Gasteiger partial charge in [0.25, 0.3) is 0 Å². The lowest BCUT2D eigenvalue weighted by Crippen LogP contribution is -2.28. The first-order valence-electron chi connectivity index (χ1n) is 6.89. The van der Waals surface area contributed by atoms with Crippen molar-refractivity contribution < 1.29 is 0 Å². The summed E-state index contributed by atoms with van der Waals surface area (Å²) in [6.07, 6.45) is 6.20. The first-order valence-corrected chi connectivity index (χ1v) is 6.89. The highest BCUT2D eigenvalue weighted by molar-refractivity contribution is 5.33. The summed E-state index contributed by atoms with van der Waals surface area (Å²) in [7, 11) is 4.33. The number of pyridine rings is 1. The summed E-state index contributed by atoms with van der Waals surface area (Å²) in [5.41, 5.74) is 4.36. The van der Waals surface area contributed by atoms with Crippen LogP contribution < -0.4 is 0 Å². The molecule has 1 heterocycles. The molecular weight excluding hydrogens is 232 g/mol. The van der Waals surface area contributed by atoms with Crippen molar-refractivity contribution in [3.63, 3.8) is 0 Å². The molecule has 2 nitrogen and oxygen atoms in total. The van der Waals surface area contributed by atoms with E-state index in [0.29, 0.717) is 12.0 Å². The normalized spacial score (nSPS) is 16.6. The van der Waals surface area contributed by atoms with E-state index >= 15 is 0 Å². The van der Waals surface area contributed by atoms with E-state index < -0.39 is 0 Å². The summed E-state index contributed by atoms with van der Waals surface area (Å²) in [6, 6.07) is 13.5. The predicted octanol–water partition coefficient (Wildman–Crippen LogP) is 3.10. The smallest absolute Gasteiger partial charge is 0.0391 e. The third-order valence-corrected chi connectivity index (χ3v) is 4.11. The van der Waals surface area contributed by atoms with E-state index in [2.05, 4.69) is 54.3 Å². The van der Waals surface area contributed by atoms with Gasteiger partial charge in [0.15, 0.2) is 0 Å². The number of benzene rings is 1. The van der Waals surface area contributed by atoms with Gasteiger partial charge in [0.05, 0.1) is 0 Å². The molecule has 2 aromatic rings. The van der Waals surface area contributed by atoms with Crippen molar-refractivity contribution in [3.8, 4) is 0 Å². The fourth-order valence-corrected chi connectivity index (χ4v) is 3.36. The summed E-state index contributed by atoms with van der Waals surface area (Å²) in [6.45, 7) is 0. The molecular formula is C17H20N2. The average Bonchev–Trinajstić information content (AvgIpc) is 2.82. The van der Waals surface area contributed by atoms with Gasteiger partial charge in [0.2, 0.25) is 0 Å². The Morgan fingerprint density at radius 2 is 1.74 bits per heavy atom. The number of nitrogens with zero attached hydrogens (tertiary/aromatic N) is 2. The summed E-state index contributed by atoms with van der Waals surface area (Å²) in [4.78, 5) is 6.61. The summed E-state index contributed by atoms with van der Waals surface area (Å²) in [5, 5.41) is 0. The average molecular weight is 252 g/mol. The Hall–Kier alpha value is -1.67. The largest absolute Gasteiger partial charge is 0.302 e. The van der Waals surface area contributed by atoms with Gasteiger partial charge in [-0.15, -0.1) is 0 Å². The monoisotopic (exact) mass is 252 g/mol. The lowest BCUT2D eigenvalue weighted by Gasteiger charge is -2.30. The van der Waals surface area contributed by atoms with E-state index in [1.165, 1.54) is 29.5 Å². The summed E-state index contributed by atoms with van der Waals surface area (Å²) >= 11 is 0. The molecule has 0 saturated heterocycles. The van der Waals surface area contributed by atoms with E-state index in [4.69, 9.17) is 0 Å². The van der Waals surface area contributed by atoms with Gasteiger partial charge in [0, 0.05) is 18.4 Å². The molecule has 98 valence electrons. The standard InChI is InChI=1S/C17H20N2/c1-19(2)17(15-8-5-9-18-12-15)16-10-13-6-3-4-7-14(13)11-16/h3-9,12,16-17H,10-11H2,1-2H3. The van der Waals surface area contributed by atoms with Crippen molar-refractivity contribution in [2.45, 2.75) is 18.9 Å². The molecule has 1 aromatic heterocycles. The van der Waals surface area contributed by atoms with Crippen LogP contribution in [0.3, 0.4) is 0 Å². The van der Waals surface area contributed by atoms with Crippen molar-refractivity contribution in [1.29, 1.82) is 0 Å². The van der Waals surface area contributed by atoms with Crippen LogP contribution in [0.4, 0.5) is 0 Å². The SMILES string of the molecule is CN(C)C(c1cccnc1)C1Cc2ccccc2C1. The Balaban J connectivity index is 1.88. The first-order chi connectivity index (χ1) is 9.25. The maximum Gasteiger partial charge on any atom is 0.0391 e. The minimum Gasteiger partial charge on any atom is -0.302 e. The minimum absolute atomic E-state index is 0.445. The molecule has 0 spiro atoms. The zero-order valence-corrected chi connectivity index (χ0v) is 11.6. The van der Waals surface area contributed by atoms with Gasteiger partial charge in [-0.05, 0) is 55.6 Å². The maximum atomic E-state index is 4.28. The van der Waals surface area contributed by atoms with Crippen LogP contribution in [0.5, 0.6) is 0 Å². The maximum absolute atomic E-state index is 4.28. The van der Waals surface area contributed by atoms with E-state index in [-0.39, 0.29) is 0 Å². The molecule has 0 radical (unpaired) electrons.